The highest BCUT2D eigenvalue weighted by Gasteiger charge is 2.21. The van der Waals surface area contributed by atoms with E-state index in [1.54, 1.807) is 12.1 Å². The number of rotatable bonds is 6. The van der Waals surface area contributed by atoms with Gasteiger partial charge in [-0.3, -0.25) is 4.90 Å². The van der Waals surface area contributed by atoms with Crippen LogP contribution in [0.4, 0.5) is 5.69 Å². The van der Waals surface area contributed by atoms with Crippen molar-refractivity contribution >= 4 is 17.3 Å². The summed E-state index contributed by atoms with van der Waals surface area (Å²) in [6.45, 7) is 6.33. The standard InChI is InChI=1S/C20H23ClN6O2/c1-2-29-19-10-6-5-9-18(19)25-13-11-24(12-14-25)15-26-20(28)27(23-22-26)17-8-4-3-7-16(17)21/h3-10H,2,11-15H2,1H3. The fraction of sp³-hybridized carbons (Fsp3) is 0.350. The Labute approximate surface area is 173 Å². The van der Waals surface area contributed by atoms with E-state index < -0.39 is 0 Å². The third-order valence-electron chi connectivity index (χ3n) is 4.93. The number of benzene rings is 2. The largest absolute Gasteiger partial charge is 0.492 e. The molecule has 0 atom stereocenters. The van der Waals surface area contributed by atoms with Crippen molar-refractivity contribution in [1.29, 1.82) is 0 Å². The van der Waals surface area contributed by atoms with Crippen LogP contribution in [0.25, 0.3) is 5.69 Å². The van der Waals surface area contributed by atoms with Gasteiger partial charge in [0.05, 0.1) is 23.0 Å². The van der Waals surface area contributed by atoms with Crippen molar-refractivity contribution in [2.45, 2.75) is 13.6 Å². The average Bonchev–Trinajstić information content (AvgIpc) is 3.10. The average molecular weight is 415 g/mol. The van der Waals surface area contributed by atoms with Crippen molar-refractivity contribution in [3.63, 3.8) is 0 Å². The Morgan fingerprint density at radius 2 is 1.66 bits per heavy atom. The minimum atomic E-state index is -0.303. The van der Waals surface area contributed by atoms with Crippen molar-refractivity contribution in [3.8, 4) is 11.4 Å². The highest BCUT2D eigenvalue weighted by atomic mass is 35.5. The molecule has 0 saturated carbocycles. The van der Waals surface area contributed by atoms with Gasteiger partial charge in [-0.2, -0.15) is 9.36 Å². The van der Waals surface area contributed by atoms with Crippen molar-refractivity contribution in [2.75, 3.05) is 37.7 Å². The Balaban J connectivity index is 1.42. The molecule has 9 heteroatoms. The highest BCUT2D eigenvalue weighted by molar-refractivity contribution is 6.32. The summed E-state index contributed by atoms with van der Waals surface area (Å²) in [5, 5.41) is 8.47. The normalized spacial score (nSPS) is 14.9. The molecule has 1 saturated heterocycles. The Morgan fingerprint density at radius 3 is 2.38 bits per heavy atom. The molecule has 1 fully saturated rings. The summed E-state index contributed by atoms with van der Waals surface area (Å²) in [6.07, 6.45) is 0. The van der Waals surface area contributed by atoms with E-state index in [4.69, 9.17) is 16.3 Å². The van der Waals surface area contributed by atoms with Crippen molar-refractivity contribution in [2.24, 2.45) is 0 Å². The summed E-state index contributed by atoms with van der Waals surface area (Å²) in [5.74, 6) is 0.905. The molecule has 29 heavy (non-hydrogen) atoms. The zero-order chi connectivity index (χ0) is 20.2. The van der Waals surface area contributed by atoms with Crippen LogP contribution < -0.4 is 15.3 Å². The van der Waals surface area contributed by atoms with Crippen LogP contribution in [0.2, 0.25) is 5.02 Å². The zero-order valence-corrected chi connectivity index (χ0v) is 17.0. The Bertz CT molecular complexity index is 1030. The lowest BCUT2D eigenvalue weighted by Crippen LogP contribution is -2.48. The number of para-hydroxylation sites is 3. The lowest BCUT2D eigenvalue weighted by molar-refractivity contribution is 0.190. The van der Waals surface area contributed by atoms with E-state index in [-0.39, 0.29) is 5.69 Å². The van der Waals surface area contributed by atoms with Gasteiger partial charge in [0.1, 0.15) is 12.4 Å². The number of tetrazole rings is 1. The van der Waals surface area contributed by atoms with Gasteiger partial charge >= 0.3 is 5.69 Å². The SMILES string of the molecule is CCOc1ccccc1N1CCN(Cn2nnn(-c3ccccc3Cl)c2=O)CC1. The van der Waals surface area contributed by atoms with Crippen LogP contribution >= 0.6 is 11.6 Å². The minimum Gasteiger partial charge on any atom is -0.492 e. The molecule has 4 rings (SSSR count). The fourth-order valence-corrected chi connectivity index (χ4v) is 3.67. The van der Waals surface area contributed by atoms with Crippen LogP contribution in [0.3, 0.4) is 0 Å². The molecule has 0 unspecified atom stereocenters. The minimum absolute atomic E-state index is 0.303. The molecule has 1 aliphatic heterocycles. The number of anilines is 1. The third-order valence-corrected chi connectivity index (χ3v) is 5.25. The molecule has 8 nitrogen and oxygen atoms in total. The Kier molecular flexibility index (Phi) is 5.82. The highest BCUT2D eigenvalue weighted by Crippen LogP contribution is 2.28. The van der Waals surface area contributed by atoms with Crippen molar-refractivity contribution in [1.82, 2.24) is 24.7 Å². The van der Waals surface area contributed by atoms with E-state index in [0.717, 1.165) is 37.6 Å². The zero-order valence-electron chi connectivity index (χ0n) is 16.2. The van der Waals surface area contributed by atoms with Crippen molar-refractivity contribution in [3.05, 3.63) is 64.0 Å². The topological polar surface area (TPSA) is 68.4 Å². The van der Waals surface area contributed by atoms with Gasteiger partial charge in [-0.25, -0.2) is 4.79 Å². The molecule has 152 valence electrons. The van der Waals surface area contributed by atoms with Crippen LogP contribution in [-0.2, 0) is 6.67 Å². The fourth-order valence-electron chi connectivity index (χ4n) is 3.45. The predicted octanol–water partition coefficient (Wildman–Crippen LogP) is 2.26. The van der Waals surface area contributed by atoms with E-state index in [9.17, 15) is 4.79 Å². The molecule has 3 aromatic rings. The Morgan fingerprint density at radius 1 is 0.966 bits per heavy atom. The summed E-state index contributed by atoms with van der Waals surface area (Å²) in [6, 6.07) is 15.2. The lowest BCUT2D eigenvalue weighted by atomic mass is 10.2. The number of hydrogen-bond acceptors (Lipinski definition) is 6. The van der Waals surface area contributed by atoms with E-state index in [1.807, 2.05) is 37.3 Å². The molecular formula is C20H23ClN6O2. The first-order chi connectivity index (χ1) is 14.2. The summed E-state index contributed by atoms with van der Waals surface area (Å²) >= 11 is 6.18. The third kappa shape index (κ3) is 4.13. The van der Waals surface area contributed by atoms with Gasteiger partial charge in [0.2, 0.25) is 0 Å². The first-order valence-corrected chi connectivity index (χ1v) is 10.0. The molecule has 2 aromatic carbocycles. The van der Waals surface area contributed by atoms with Crippen LogP contribution in [0.15, 0.2) is 53.3 Å². The van der Waals surface area contributed by atoms with E-state index in [0.29, 0.717) is 24.0 Å². The summed E-state index contributed by atoms with van der Waals surface area (Å²) in [4.78, 5) is 17.2. The van der Waals surface area contributed by atoms with Gasteiger partial charge in [0.25, 0.3) is 0 Å². The molecule has 2 heterocycles. The maximum Gasteiger partial charge on any atom is 0.369 e. The molecule has 0 bridgehead atoms. The summed E-state index contributed by atoms with van der Waals surface area (Å²) in [5.41, 5.74) is 1.33. The quantitative estimate of drug-likeness (QED) is 0.616. The van der Waals surface area contributed by atoms with Gasteiger partial charge in [-0.05, 0) is 41.6 Å². The van der Waals surface area contributed by atoms with Gasteiger partial charge < -0.3 is 9.64 Å². The first kappa shape index (κ1) is 19.5. The van der Waals surface area contributed by atoms with Crippen LogP contribution in [0.5, 0.6) is 5.75 Å². The van der Waals surface area contributed by atoms with E-state index >= 15 is 0 Å². The van der Waals surface area contributed by atoms with Gasteiger partial charge in [-0.15, -0.1) is 0 Å². The number of ether oxygens (including phenoxy) is 1. The van der Waals surface area contributed by atoms with Gasteiger partial charge in [0.15, 0.2) is 0 Å². The molecule has 0 N–H and O–H groups in total. The maximum absolute atomic E-state index is 12.7. The molecular weight excluding hydrogens is 392 g/mol. The van der Waals surface area contributed by atoms with Crippen LogP contribution in [-0.4, -0.2) is 57.5 Å². The maximum atomic E-state index is 12.7. The molecule has 0 aliphatic carbocycles. The number of piperazine rings is 1. The smallest absolute Gasteiger partial charge is 0.369 e. The molecule has 1 aliphatic rings. The number of aromatic nitrogens is 4. The van der Waals surface area contributed by atoms with Crippen molar-refractivity contribution < 1.29 is 4.74 Å². The number of halogens is 1. The second-order valence-corrected chi connectivity index (χ2v) is 7.18. The monoisotopic (exact) mass is 414 g/mol. The lowest BCUT2D eigenvalue weighted by Gasteiger charge is -2.36. The van der Waals surface area contributed by atoms with Gasteiger partial charge in [-0.1, -0.05) is 35.9 Å². The van der Waals surface area contributed by atoms with E-state index in [2.05, 4.69) is 26.3 Å². The predicted molar refractivity (Wildman–Crippen MR) is 112 cm³/mol. The molecule has 1 aromatic heterocycles. The summed E-state index contributed by atoms with van der Waals surface area (Å²) in [7, 11) is 0. The summed E-state index contributed by atoms with van der Waals surface area (Å²) < 4.78 is 8.35. The molecule has 0 spiro atoms. The van der Waals surface area contributed by atoms with Crippen LogP contribution in [0, 0.1) is 0 Å². The first-order valence-electron chi connectivity index (χ1n) is 9.64. The number of hydrogen-bond donors (Lipinski definition) is 0. The van der Waals surface area contributed by atoms with Crippen LogP contribution in [0.1, 0.15) is 6.92 Å². The van der Waals surface area contributed by atoms with Gasteiger partial charge in [0, 0.05) is 26.2 Å². The second kappa shape index (κ2) is 8.67. The molecule has 0 radical (unpaired) electrons. The van der Waals surface area contributed by atoms with E-state index in [1.165, 1.54) is 9.36 Å². The second-order valence-electron chi connectivity index (χ2n) is 6.77. The number of nitrogens with zero attached hydrogens (tertiary/aromatic N) is 6. The Hall–Kier alpha value is -2.84. The molecule has 0 amide bonds.